The normalized spacial score (nSPS) is 15.0. The summed E-state index contributed by atoms with van der Waals surface area (Å²) >= 11 is 0. The molecule has 1 N–H and O–H groups in total. The number of nitrogens with zero attached hydrogens (tertiary/aromatic N) is 4. The van der Waals surface area contributed by atoms with E-state index in [2.05, 4.69) is 33.7 Å². The molecule has 1 saturated heterocycles. The van der Waals surface area contributed by atoms with E-state index in [0.29, 0.717) is 24.9 Å². The lowest BCUT2D eigenvalue weighted by atomic mass is 10.0. The van der Waals surface area contributed by atoms with Crippen LogP contribution in [0.4, 0.5) is 10.3 Å². The summed E-state index contributed by atoms with van der Waals surface area (Å²) in [5, 5.41) is 8.87. The number of piperidine rings is 1. The van der Waals surface area contributed by atoms with Crippen LogP contribution < -0.4 is 9.64 Å². The number of aryl methyl sites for hydroxylation is 1. The van der Waals surface area contributed by atoms with Gasteiger partial charge in [0, 0.05) is 44.1 Å². The van der Waals surface area contributed by atoms with Gasteiger partial charge in [0.1, 0.15) is 18.2 Å². The number of carboxylic acids is 1. The second-order valence-corrected chi connectivity index (χ2v) is 7.24. The fourth-order valence-electron chi connectivity index (χ4n) is 3.45. The zero-order chi connectivity index (χ0) is 20.8. The van der Waals surface area contributed by atoms with Gasteiger partial charge >= 0.3 is 5.97 Å². The number of hydrogen-bond donors (Lipinski definition) is 1. The quantitative estimate of drug-likeness (QED) is 0.727. The molecule has 1 fully saturated rings. The second-order valence-electron chi connectivity index (χ2n) is 7.24. The van der Waals surface area contributed by atoms with Crippen molar-refractivity contribution in [1.29, 1.82) is 0 Å². The molecule has 0 bridgehead atoms. The Kier molecular flexibility index (Phi) is 6.98. The van der Waals surface area contributed by atoms with E-state index >= 15 is 0 Å². The van der Waals surface area contributed by atoms with E-state index in [4.69, 9.17) is 9.84 Å². The molecule has 0 amide bonds. The number of carboxylic acid groups (broad SMARTS) is 1. The number of hydrogen-bond acceptors (Lipinski definition) is 6. The van der Waals surface area contributed by atoms with Crippen molar-refractivity contribution < 1.29 is 19.0 Å². The number of anilines is 1. The Bertz CT molecular complexity index is 823. The molecular formula is C21H27FN4O3. The smallest absolute Gasteiger partial charge is 0.338 e. The van der Waals surface area contributed by atoms with Gasteiger partial charge < -0.3 is 14.7 Å². The zero-order valence-electron chi connectivity index (χ0n) is 16.8. The summed E-state index contributed by atoms with van der Waals surface area (Å²) in [4.78, 5) is 24.2. The molecule has 0 atom stereocenters. The maximum absolute atomic E-state index is 13.7. The number of rotatable bonds is 8. The van der Waals surface area contributed by atoms with Gasteiger partial charge in [0.25, 0.3) is 0 Å². The molecule has 1 aromatic heterocycles. The van der Waals surface area contributed by atoms with Crippen LogP contribution >= 0.6 is 0 Å². The summed E-state index contributed by atoms with van der Waals surface area (Å²) in [7, 11) is 2.06. The number of ether oxygens (including phenoxy) is 1. The zero-order valence-corrected chi connectivity index (χ0v) is 16.8. The molecule has 7 nitrogen and oxygen atoms in total. The van der Waals surface area contributed by atoms with Crippen LogP contribution in [0.1, 0.15) is 35.7 Å². The highest BCUT2D eigenvalue weighted by Gasteiger charge is 2.23. The SMILES string of the molecule is CCc1cnc(N2CCC(N(C)CCOc3ccc(C(=O)O)c(F)c3)CC2)nc1. The van der Waals surface area contributed by atoms with Crippen molar-refractivity contribution in [3.8, 4) is 5.75 Å². The van der Waals surface area contributed by atoms with E-state index in [1.54, 1.807) is 0 Å². The standard InChI is InChI=1S/C21H27FN4O3/c1-3-15-13-23-21(24-14-15)26-8-6-16(7-9-26)25(2)10-11-29-17-4-5-18(20(27)28)19(22)12-17/h4-5,12-14,16H,3,6-11H2,1-2H3,(H,27,28). The van der Waals surface area contributed by atoms with Gasteiger partial charge in [-0.05, 0) is 44.0 Å². The van der Waals surface area contributed by atoms with E-state index in [1.165, 1.54) is 12.1 Å². The molecule has 3 rings (SSSR count). The molecular weight excluding hydrogens is 375 g/mol. The van der Waals surface area contributed by atoms with Crippen LogP contribution in [0.15, 0.2) is 30.6 Å². The maximum Gasteiger partial charge on any atom is 0.338 e. The van der Waals surface area contributed by atoms with Gasteiger partial charge in [0.05, 0.1) is 5.56 Å². The van der Waals surface area contributed by atoms with Crippen molar-refractivity contribution in [2.45, 2.75) is 32.2 Å². The minimum absolute atomic E-state index is 0.336. The van der Waals surface area contributed by atoms with E-state index < -0.39 is 11.8 Å². The van der Waals surface area contributed by atoms with Crippen LogP contribution in [0, 0.1) is 5.82 Å². The molecule has 1 aromatic carbocycles. The molecule has 0 radical (unpaired) electrons. The summed E-state index contributed by atoms with van der Waals surface area (Å²) in [5.74, 6) is -0.946. The van der Waals surface area contributed by atoms with Crippen LogP contribution in [-0.2, 0) is 6.42 Å². The molecule has 0 unspecified atom stereocenters. The number of likely N-dealkylation sites (N-methyl/N-ethyl adjacent to an activating group) is 1. The third kappa shape index (κ3) is 5.41. The first-order valence-electron chi connectivity index (χ1n) is 9.89. The average Bonchev–Trinajstić information content (AvgIpc) is 2.73. The molecule has 0 aliphatic carbocycles. The Morgan fingerprint density at radius 1 is 1.31 bits per heavy atom. The number of halogens is 1. The summed E-state index contributed by atoms with van der Waals surface area (Å²) in [6.07, 6.45) is 6.74. The van der Waals surface area contributed by atoms with Crippen molar-refractivity contribution >= 4 is 11.9 Å². The van der Waals surface area contributed by atoms with Gasteiger partial charge in [-0.2, -0.15) is 0 Å². The second kappa shape index (κ2) is 9.65. The monoisotopic (exact) mass is 402 g/mol. The first kappa shape index (κ1) is 21.0. The van der Waals surface area contributed by atoms with Gasteiger partial charge in [0.15, 0.2) is 0 Å². The minimum Gasteiger partial charge on any atom is -0.492 e. The van der Waals surface area contributed by atoms with Crippen molar-refractivity contribution in [2.24, 2.45) is 0 Å². The molecule has 1 aliphatic rings. The lowest BCUT2D eigenvalue weighted by Gasteiger charge is -2.36. The highest BCUT2D eigenvalue weighted by Crippen LogP contribution is 2.20. The Balaban J connectivity index is 1.43. The summed E-state index contributed by atoms with van der Waals surface area (Å²) in [6, 6.07) is 4.26. The first-order valence-corrected chi connectivity index (χ1v) is 9.89. The van der Waals surface area contributed by atoms with Crippen LogP contribution in [0.2, 0.25) is 0 Å². The van der Waals surface area contributed by atoms with Gasteiger partial charge in [-0.15, -0.1) is 0 Å². The minimum atomic E-state index is -1.29. The number of carbonyl (C=O) groups is 1. The Morgan fingerprint density at radius 2 is 2.00 bits per heavy atom. The highest BCUT2D eigenvalue weighted by molar-refractivity contribution is 5.88. The molecule has 156 valence electrons. The van der Waals surface area contributed by atoms with Crippen LogP contribution in [0.25, 0.3) is 0 Å². The molecule has 2 heterocycles. The summed E-state index contributed by atoms with van der Waals surface area (Å²) < 4.78 is 19.3. The van der Waals surface area contributed by atoms with E-state index in [9.17, 15) is 9.18 Å². The molecule has 1 aliphatic heterocycles. The Hall–Kier alpha value is -2.74. The number of aromatic carboxylic acids is 1. The average molecular weight is 402 g/mol. The maximum atomic E-state index is 13.7. The predicted molar refractivity (Wildman–Crippen MR) is 108 cm³/mol. The van der Waals surface area contributed by atoms with Crippen LogP contribution in [0.5, 0.6) is 5.75 Å². The third-order valence-corrected chi connectivity index (χ3v) is 5.35. The fraction of sp³-hybridized carbons (Fsp3) is 0.476. The molecule has 2 aromatic rings. The fourth-order valence-corrected chi connectivity index (χ4v) is 3.45. The molecule has 0 saturated carbocycles. The van der Waals surface area contributed by atoms with Gasteiger partial charge in [0.2, 0.25) is 5.95 Å². The van der Waals surface area contributed by atoms with Crippen LogP contribution in [-0.4, -0.2) is 65.3 Å². The highest BCUT2D eigenvalue weighted by atomic mass is 19.1. The van der Waals surface area contributed by atoms with Crippen molar-refractivity contribution in [2.75, 3.05) is 38.2 Å². The molecule has 29 heavy (non-hydrogen) atoms. The van der Waals surface area contributed by atoms with Crippen LogP contribution in [0.3, 0.4) is 0 Å². The van der Waals surface area contributed by atoms with Crippen molar-refractivity contribution in [3.63, 3.8) is 0 Å². The molecule has 0 spiro atoms. The molecule has 8 heteroatoms. The third-order valence-electron chi connectivity index (χ3n) is 5.35. The first-order chi connectivity index (χ1) is 14.0. The Labute approximate surface area is 170 Å². The lowest BCUT2D eigenvalue weighted by molar-refractivity contribution is 0.0692. The number of aromatic nitrogens is 2. The van der Waals surface area contributed by atoms with Crippen molar-refractivity contribution in [1.82, 2.24) is 14.9 Å². The van der Waals surface area contributed by atoms with Gasteiger partial charge in [-0.25, -0.2) is 19.2 Å². The van der Waals surface area contributed by atoms with Gasteiger partial charge in [-0.1, -0.05) is 6.92 Å². The topological polar surface area (TPSA) is 78.8 Å². The Morgan fingerprint density at radius 3 is 2.59 bits per heavy atom. The lowest BCUT2D eigenvalue weighted by Crippen LogP contribution is -2.45. The van der Waals surface area contributed by atoms with E-state index in [1.807, 2.05) is 12.4 Å². The number of benzene rings is 1. The van der Waals surface area contributed by atoms with Crippen molar-refractivity contribution in [3.05, 3.63) is 47.5 Å². The summed E-state index contributed by atoms with van der Waals surface area (Å²) in [6.45, 7) is 5.01. The largest absolute Gasteiger partial charge is 0.492 e. The van der Waals surface area contributed by atoms with E-state index in [0.717, 1.165) is 49.9 Å². The van der Waals surface area contributed by atoms with E-state index in [-0.39, 0.29) is 5.56 Å². The summed E-state index contributed by atoms with van der Waals surface area (Å²) in [5.41, 5.74) is 0.787. The predicted octanol–water partition coefficient (Wildman–Crippen LogP) is 2.86. The van der Waals surface area contributed by atoms with Gasteiger partial charge in [-0.3, -0.25) is 4.90 Å².